The van der Waals surface area contributed by atoms with E-state index in [2.05, 4.69) is 22.9 Å². The zero-order valence-electron chi connectivity index (χ0n) is 9.97. The van der Waals surface area contributed by atoms with Crippen molar-refractivity contribution in [3.63, 3.8) is 0 Å². The lowest BCUT2D eigenvalue weighted by molar-refractivity contribution is -0.140. The first-order valence-corrected chi connectivity index (χ1v) is 6.11. The summed E-state index contributed by atoms with van der Waals surface area (Å²) in [5.74, 6) is 0.144. The summed E-state index contributed by atoms with van der Waals surface area (Å²) in [6, 6.07) is 0. The molecule has 0 spiro atoms. The van der Waals surface area contributed by atoms with E-state index in [4.69, 9.17) is 4.74 Å². The van der Waals surface area contributed by atoms with Gasteiger partial charge in [-0.15, -0.1) is 0 Å². The minimum atomic E-state index is -0.473. The van der Waals surface area contributed by atoms with E-state index >= 15 is 0 Å². The summed E-state index contributed by atoms with van der Waals surface area (Å²) in [4.78, 5) is 13.9. The number of methoxy groups -OCH3 is 1. The minimum absolute atomic E-state index is 0.144. The number of amides is 1. The molecule has 0 aromatic heterocycles. The molecule has 1 unspecified atom stereocenters. The van der Waals surface area contributed by atoms with Gasteiger partial charge < -0.3 is 9.64 Å². The number of ether oxygens (including phenoxy) is 1. The minimum Gasteiger partial charge on any atom is -0.377 e. The molecule has 1 aliphatic rings. The molecule has 1 saturated heterocycles. The summed E-state index contributed by atoms with van der Waals surface area (Å²) in [5.41, 5.74) is -0.174. The molecule has 0 N–H and O–H groups in total. The number of piperidine rings is 1. The van der Waals surface area contributed by atoms with Crippen molar-refractivity contribution in [2.45, 2.75) is 43.5 Å². The van der Waals surface area contributed by atoms with E-state index in [-0.39, 0.29) is 11.5 Å². The van der Waals surface area contributed by atoms with Crippen molar-refractivity contribution in [3.05, 3.63) is 0 Å². The van der Waals surface area contributed by atoms with Crippen molar-refractivity contribution in [1.29, 1.82) is 0 Å². The average Bonchev–Trinajstić information content (AvgIpc) is 2.15. The van der Waals surface area contributed by atoms with E-state index in [9.17, 15) is 4.79 Å². The highest BCUT2D eigenvalue weighted by molar-refractivity contribution is 9.10. The first-order chi connectivity index (χ1) is 6.78. The van der Waals surface area contributed by atoms with E-state index in [1.54, 1.807) is 7.11 Å². The van der Waals surface area contributed by atoms with Crippen LogP contribution in [0.2, 0.25) is 0 Å². The fourth-order valence-corrected chi connectivity index (χ4v) is 2.17. The molecule has 88 valence electrons. The molecule has 3 nitrogen and oxygen atoms in total. The summed E-state index contributed by atoms with van der Waals surface area (Å²) in [7, 11) is 1.72. The third kappa shape index (κ3) is 3.18. The Kier molecular flexibility index (Phi) is 3.82. The van der Waals surface area contributed by atoms with Gasteiger partial charge in [-0.2, -0.15) is 0 Å². The Morgan fingerprint density at radius 2 is 2.13 bits per heavy atom. The highest BCUT2D eigenvalue weighted by atomic mass is 79.9. The molecule has 0 bridgehead atoms. The molecule has 1 rings (SSSR count). The summed E-state index contributed by atoms with van der Waals surface area (Å²) < 4.78 is 4.99. The van der Waals surface area contributed by atoms with Gasteiger partial charge in [-0.1, -0.05) is 15.9 Å². The lowest BCUT2D eigenvalue weighted by Crippen LogP contribution is -2.53. The molecule has 0 saturated carbocycles. The van der Waals surface area contributed by atoms with Crippen LogP contribution in [0.25, 0.3) is 0 Å². The van der Waals surface area contributed by atoms with Crippen molar-refractivity contribution in [2.24, 2.45) is 0 Å². The number of carbonyl (C=O) groups excluding carboxylic acids is 1. The van der Waals surface area contributed by atoms with Crippen LogP contribution >= 0.6 is 15.9 Å². The fraction of sp³-hybridized carbons (Fsp3) is 0.909. The quantitative estimate of drug-likeness (QED) is 0.725. The molecule has 0 aromatic carbocycles. The van der Waals surface area contributed by atoms with Crippen LogP contribution in [0.5, 0.6) is 0 Å². The second-order valence-corrected chi connectivity index (χ2v) is 6.94. The lowest BCUT2D eigenvalue weighted by atomic mass is 9.94. The maximum atomic E-state index is 12.0. The normalized spacial score (nSPS) is 27.9. The van der Waals surface area contributed by atoms with E-state index in [0.717, 1.165) is 19.4 Å². The van der Waals surface area contributed by atoms with Crippen molar-refractivity contribution in [2.75, 3.05) is 20.2 Å². The van der Waals surface area contributed by atoms with Crippen LogP contribution in [0.4, 0.5) is 0 Å². The average molecular weight is 278 g/mol. The number of carbonyl (C=O) groups is 1. The molecule has 1 aliphatic heterocycles. The zero-order valence-corrected chi connectivity index (χ0v) is 11.6. The topological polar surface area (TPSA) is 29.5 Å². The number of hydrogen-bond donors (Lipinski definition) is 0. The van der Waals surface area contributed by atoms with Gasteiger partial charge in [-0.05, 0) is 33.6 Å². The molecular formula is C11H20BrNO2. The van der Waals surface area contributed by atoms with E-state index < -0.39 is 4.32 Å². The van der Waals surface area contributed by atoms with Gasteiger partial charge in [0.05, 0.1) is 9.93 Å². The maximum absolute atomic E-state index is 12.0. The Morgan fingerprint density at radius 1 is 1.53 bits per heavy atom. The van der Waals surface area contributed by atoms with Gasteiger partial charge in [0.1, 0.15) is 0 Å². The zero-order chi connectivity index (χ0) is 11.7. The van der Waals surface area contributed by atoms with Gasteiger partial charge in [-0.3, -0.25) is 4.79 Å². The van der Waals surface area contributed by atoms with Crippen LogP contribution in [0.15, 0.2) is 0 Å². The summed E-state index contributed by atoms with van der Waals surface area (Å²) in [6.07, 6.45) is 2.04. The predicted octanol–water partition coefficient (Wildman–Crippen LogP) is 2.19. The molecular weight excluding hydrogens is 258 g/mol. The summed E-state index contributed by atoms with van der Waals surface area (Å²) >= 11 is 3.41. The number of hydrogen-bond acceptors (Lipinski definition) is 2. The Labute approximate surface area is 100 Å². The first kappa shape index (κ1) is 13.0. The molecule has 1 fully saturated rings. The molecule has 15 heavy (non-hydrogen) atoms. The van der Waals surface area contributed by atoms with Gasteiger partial charge in [0.15, 0.2) is 0 Å². The van der Waals surface area contributed by atoms with Crippen molar-refractivity contribution in [1.82, 2.24) is 4.90 Å². The van der Waals surface area contributed by atoms with Crippen LogP contribution in [0.3, 0.4) is 0 Å². The highest BCUT2D eigenvalue weighted by Gasteiger charge is 2.37. The molecule has 0 radical (unpaired) electrons. The van der Waals surface area contributed by atoms with Crippen molar-refractivity contribution < 1.29 is 9.53 Å². The van der Waals surface area contributed by atoms with E-state index in [0.29, 0.717) is 6.54 Å². The molecule has 0 aliphatic carbocycles. The monoisotopic (exact) mass is 277 g/mol. The van der Waals surface area contributed by atoms with Crippen molar-refractivity contribution >= 4 is 21.8 Å². The van der Waals surface area contributed by atoms with Gasteiger partial charge in [0.25, 0.3) is 0 Å². The molecule has 4 heteroatoms. The molecule has 1 amide bonds. The third-order valence-electron chi connectivity index (χ3n) is 2.95. The predicted molar refractivity (Wildman–Crippen MR) is 64.2 cm³/mol. The van der Waals surface area contributed by atoms with Crippen LogP contribution in [0, 0.1) is 0 Å². The van der Waals surface area contributed by atoms with Gasteiger partial charge in [0, 0.05) is 20.2 Å². The molecule has 1 heterocycles. The van der Waals surface area contributed by atoms with Crippen LogP contribution in [0.1, 0.15) is 33.6 Å². The van der Waals surface area contributed by atoms with Crippen LogP contribution < -0.4 is 0 Å². The Morgan fingerprint density at radius 3 is 2.60 bits per heavy atom. The Hall–Kier alpha value is -0.0900. The highest BCUT2D eigenvalue weighted by Crippen LogP contribution is 2.27. The smallest absolute Gasteiger partial charge is 0.238 e. The fourth-order valence-electron chi connectivity index (χ4n) is 1.92. The van der Waals surface area contributed by atoms with Gasteiger partial charge in [0.2, 0.25) is 5.91 Å². The van der Waals surface area contributed by atoms with Crippen LogP contribution in [-0.4, -0.2) is 40.9 Å². The van der Waals surface area contributed by atoms with Gasteiger partial charge >= 0.3 is 0 Å². The Bertz CT molecular complexity index is 249. The Balaban J connectivity index is 2.69. The third-order valence-corrected chi connectivity index (χ3v) is 3.29. The number of rotatable bonds is 2. The van der Waals surface area contributed by atoms with Crippen molar-refractivity contribution in [3.8, 4) is 0 Å². The number of halogens is 1. The van der Waals surface area contributed by atoms with Crippen LogP contribution in [-0.2, 0) is 9.53 Å². The van der Waals surface area contributed by atoms with E-state index in [1.807, 2.05) is 18.7 Å². The van der Waals surface area contributed by atoms with E-state index in [1.165, 1.54) is 0 Å². The largest absolute Gasteiger partial charge is 0.377 e. The summed E-state index contributed by atoms with van der Waals surface area (Å²) in [5, 5.41) is 0. The second-order valence-electron chi connectivity index (χ2n) is 4.96. The lowest BCUT2D eigenvalue weighted by Gasteiger charge is -2.41. The molecule has 1 atom stereocenters. The number of alkyl halides is 1. The molecule has 0 aromatic rings. The first-order valence-electron chi connectivity index (χ1n) is 5.32. The standard InChI is InChI=1S/C11H20BrNO2/c1-10(2,12)9(14)13-7-5-6-11(3,8-13)15-4/h5-8H2,1-4H3. The summed E-state index contributed by atoms with van der Waals surface area (Å²) in [6.45, 7) is 7.36. The number of nitrogens with zero attached hydrogens (tertiary/aromatic N) is 1. The maximum Gasteiger partial charge on any atom is 0.238 e. The SMILES string of the molecule is COC1(C)CCCN(C(=O)C(C)(C)Br)C1. The number of likely N-dealkylation sites (tertiary alicyclic amines) is 1. The second kappa shape index (κ2) is 4.42. The van der Waals surface area contributed by atoms with Gasteiger partial charge in [-0.25, -0.2) is 0 Å².